The molecule has 6 heteroatoms. The maximum Gasteiger partial charge on any atom is 0.191 e. The molecule has 2 aromatic rings. The number of aryl methyl sites for hydroxylation is 1. The molecule has 0 aliphatic rings. The summed E-state index contributed by atoms with van der Waals surface area (Å²) in [6.07, 6.45) is 6.02. The Morgan fingerprint density at radius 2 is 2.00 bits per heavy atom. The molecule has 1 unspecified atom stereocenters. The smallest absolute Gasteiger partial charge is 0.191 e. The number of aliphatic imine (C=N–C) groups is 1. The van der Waals surface area contributed by atoms with Crippen LogP contribution in [0.2, 0.25) is 0 Å². The number of furan rings is 1. The molecule has 0 amide bonds. The molecule has 6 nitrogen and oxygen atoms in total. The Bertz CT molecular complexity index is 801. The number of hydrogen-bond acceptors (Lipinski definition) is 4. The molecule has 1 aromatic heterocycles. The largest absolute Gasteiger partial charge is 0.481 e. The standard InChI is InChI=1S/C22H29N3O3/c1-5-15-27-19-10-8-18(9-11-19)13-14-24-21(23-6-2)25-16-22(4,26)20-12-7-17(3)28-20/h1,7-12,26H,6,13-16H2,2-4H3,(H2,23,24,25). The van der Waals surface area contributed by atoms with Crippen molar-refractivity contribution in [1.29, 1.82) is 0 Å². The van der Waals surface area contributed by atoms with E-state index in [9.17, 15) is 5.11 Å². The van der Waals surface area contributed by atoms with Crippen molar-refractivity contribution in [2.45, 2.75) is 32.8 Å². The van der Waals surface area contributed by atoms with Crippen molar-refractivity contribution < 1.29 is 14.3 Å². The Morgan fingerprint density at radius 1 is 1.25 bits per heavy atom. The topological polar surface area (TPSA) is 79.0 Å². The summed E-state index contributed by atoms with van der Waals surface area (Å²) >= 11 is 0. The minimum atomic E-state index is -1.16. The summed E-state index contributed by atoms with van der Waals surface area (Å²) in [4.78, 5) is 4.50. The number of nitrogens with zero attached hydrogens (tertiary/aromatic N) is 1. The molecule has 0 fully saturated rings. The van der Waals surface area contributed by atoms with E-state index in [2.05, 4.69) is 21.5 Å². The van der Waals surface area contributed by atoms with Crippen LogP contribution in [0.25, 0.3) is 0 Å². The minimum Gasteiger partial charge on any atom is -0.481 e. The molecular weight excluding hydrogens is 354 g/mol. The Kier molecular flexibility index (Phi) is 7.97. The Hall–Kier alpha value is -2.91. The van der Waals surface area contributed by atoms with Gasteiger partial charge in [0.25, 0.3) is 0 Å². The van der Waals surface area contributed by atoms with Crippen molar-refractivity contribution >= 4 is 5.96 Å². The normalized spacial score (nSPS) is 13.5. The van der Waals surface area contributed by atoms with Crippen molar-refractivity contribution in [3.63, 3.8) is 0 Å². The van der Waals surface area contributed by atoms with Crippen molar-refractivity contribution in [2.24, 2.45) is 4.99 Å². The van der Waals surface area contributed by atoms with E-state index in [1.807, 2.05) is 44.2 Å². The van der Waals surface area contributed by atoms with E-state index in [1.54, 1.807) is 13.0 Å². The number of nitrogens with one attached hydrogen (secondary N) is 2. The molecule has 150 valence electrons. The number of aliphatic hydroxyl groups is 1. The van der Waals surface area contributed by atoms with E-state index in [0.717, 1.165) is 24.5 Å². The minimum absolute atomic E-state index is 0.191. The molecule has 1 aromatic carbocycles. The summed E-state index contributed by atoms with van der Waals surface area (Å²) in [6.45, 7) is 7.44. The molecule has 1 heterocycles. The lowest BCUT2D eigenvalue weighted by Crippen LogP contribution is -2.39. The molecule has 1 atom stereocenters. The molecule has 0 saturated heterocycles. The first kappa shape index (κ1) is 21.4. The first-order valence-electron chi connectivity index (χ1n) is 9.41. The maximum atomic E-state index is 10.6. The van der Waals surface area contributed by atoms with Gasteiger partial charge >= 0.3 is 0 Å². The number of benzene rings is 1. The van der Waals surface area contributed by atoms with Gasteiger partial charge in [0.1, 0.15) is 29.5 Å². The molecule has 0 aliphatic carbocycles. The Balaban J connectivity index is 1.88. The number of terminal acetylenes is 1. The predicted octanol–water partition coefficient (Wildman–Crippen LogP) is 2.61. The van der Waals surface area contributed by atoms with Crippen LogP contribution in [0.5, 0.6) is 5.75 Å². The van der Waals surface area contributed by atoms with Gasteiger partial charge in [0.15, 0.2) is 5.96 Å². The molecule has 0 radical (unpaired) electrons. The fourth-order valence-electron chi connectivity index (χ4n) is 2.58. The average molecular weight is 383 g/mol. The summed E-state index contributed by atoms with van der Waals surface area (Å²) in [5.74, 6) is 5.14. The predicted molar refractivity (Wildman–Crippen MR) is 111 cm³/mol. The number of ether oxygens (including phenoxy) is 1. The van der Waals surface area contributed by atoms with E-state index in [-0.39, 0.29) is 13.2 Å². The second-order valence-electron chi connectivity index (χ2n) is 6.69. The molecular formula is C22H29N3O3. The second kappa shape index (κ2) is 10.4. The van der Waals surface area contributed by atoms with Crippen LogP contribution in [0.3, 0.4) is 0 Å². The van der Waals surface area contributed by atoms with Gasteiger partial charge in [-0.1, -0.05) is 18.1 Å². The maximum absolute atomic E-state index is 10.6. The Morgan fingerprint density at radius 3 is 2.61 bits per heavy atom. The molecule has 0 saturated carbocycles. The lowest BCUT2D eigenvalue weighted by molar-refractivity contribution is 0.0428. The van der Waals surface area contributed by atoms with Crippen LogP contribution in [-0.2, 0) is 12.0 Å². The molecule has 0 spiro atoms. The molecule has 3 N–H and O–H groups in total. The van der Waals surface area contributed by atoms with Gasteiger partial charge in [0.05, 0.1) is 6.54 Å². The zero-order valence-corrected chi connectivity index (χ0v) is 16.8. The summed E-state index contributed by atoms with van der Waals surface area (Å²) < 4.78 is 10.9. The van der Waals surface area contributed by atoms with Crippen LogP contribution in [-0.4, -0.2) is 37.3 Å². The van der Waals surface area contributed by atoms with Crippen molar-refractivity contribution in [3.05, 3.63) is 53.5 Å². The third-order valence-electron chi connectivity index (χ3n) is 4.11. The fraction of sp³-hybridized carbons (Fsp3) is 0.409. The SMILES string of the molecule is C#CCOc1ccc(CCNC(=NCC(C)(O)c2ccc(C)o2)NCC)cc1. The van der Waals surface area contributed by atoms with Crippen LogP contribution in [0, 0.1) is 19.3 Å². The van der Waals surface area contributed by atoms with Gasteiger partial charge in [-0.3, -0.25) is 0 Å². The zero-order valence-electron chi connectivity index (χ0n) is 16.8. The van der Waals surface area contributed by atoms with Crippen molar-refractivity contribution in [1.82, 2.24) is 10.6 Å². The number of hydrogen-bond donors (Lipinski definition) is 3. The number of guanidine groups is 1. The average Bonchev–Trinajstić information content (AvgIpc) is 3.13. The van der Waals surface area contributed by atoms with Gasteiger partial charge in [-0.25, -0.2) is 4.99 Å². The van der Waals surface area contributed by atoms with Crippen molar-refractivity contribution in [3.8, 4) is 18.1 Å². The molecule has 0 aliphatic heterocycles. The van der Waals surface area contributed by atoms with Crippen LogP contribution in [0.15, 0.2) is 45.8 Å². The monoisotopic (exact) mass is 383 g/mol. The summed E-state index contributed by atoms with van der Waals surface area (Å²) in [5.41, 5.74) is 0.0136. The summed E-state index contributed by atoms with van der Waals surface area (Å²) in [7, 11) is 0. The van der Waals surface area contributed by atoms with E-state index in [4.69, 9.17) is 15.6 Å². The van der Waals surface area contributed by atoms with Crippen molar-refractivity contribution in [2.75, 3.05) is 26.2 Å². The Labute approximate surface area is 167 Å². The molecule has 28 heavy (non-hydrogen) atoms. The quantitative estimate of drug-likeness (QED) is 0.352. The third-order valence-corrected chi connectivity index (χ3v) is 4.11. The highest BCUT2D eigenvalue weighted by atomic mass is 16.5. The van der Waals surface area contributed by atoms with Crippen LogP contribution in [0.4, 0.5) is 0 Å². The first-order valence-corrected chi connectivity index (χ1v) is 9.41. The van der Waals surface area contributed by atoms with Gasteiger partial charge < -0.3 is 24.9 Å². The van der Waals surface area contributed by atoms with E-state index < -0.39 is 5.60 Å². The highest BCUT2D eigenvalue weighted by molar-refractivity contribution is 5.79. The highest BCUT2D eigenvalue weighted by Gasteiger charge is 2.26. The lowest BCUT2D eigenvalue weighted by atomic mass is 10.0. The van der Waals surface area contributed by atoms with E-state index in [0.29, 0.717) is 18.3 Å². The molecule has 0 bridgehead atoms. The van der Waals surface area contributed by atoms with Gasteiger partial charge in [0, 0.05) is 13.1 Å². The first-order chi connectivity index (χ1) is 13.4. The highest BCUT2D eigenvalue weighted by Crippen LogP contribution is 2.23. The van der Waals surface area contributed by atoms with Gasteiger partial charge in [-0.05, 0) is 57.0 Å². The second-order valence-corrected chi connectivity index (χ2v) is 6.69. The molecule has 2 rings (SSSR count). The third kappa shape index (κ3) is 6.67. The van der Waals surface area contributed by atoms with Gasteiger partial charge in [-0.2, -0.15) is 0 Å². The zero-order chi connectivity index (χ0) is 20.4. The lowest BCUT2D eigenvalue weighted by Gasteiger charge is -2.19. The van der Waals surface area contributed by atoms with Gasteiger partial charge in [-0.15, -0.1) is 6.42 Å². The van der Waals surface area contributed by atoms with Gasteiger partial charge in [0.2, 0.25) is 0 Å². The summed E-state index contributed by atoms with van der Waals surface area (Å²) in [6, 6.07) is 11.5. The van der Waals surface area contributed by atoms with Crippen LogP contribution < -0.4 is 15.4 Å². The van der Waals surface area contributed by atoms with Crippen LogP contribution >= 0.6 is 0 Å². The number of rotatable bonds is 9. The summed E-state index contributed by atoms with van der Waals surface area (Å²) in [5, 5.41) is 17.1. The van der Waals surface area contributed by atoms with E-state index in [1.165, 1.54) is 5.56 Å². The van der Waals surface area contributed by atoms with E-state index >= 15 is 0 Å². The van der Waals surface area contributed by atoms with Crippen LogP contribution in [0.1, 0.15) is 30.9 Å². The fourth-order valence-corrected chi connectivity index (χ4v) is 2.58.